The predicted octanol–water partition coefficient (Wildman–Crippen LogP) is 4.41. The van der Waals surface area contributed by atoms with Gasteiger partial charge in [-0.25, -0.2) is 4.39 Å². The molecule has 104 valence electrons. The lowest BCUT2D eigenvalue weighted by Crippen LogP contribution is -2.40. The first kappa shape index (κ1) is 15.0. The Morgan fingerprint density at radius 3 is 2.79 bits per heavy atom. The second kappa shape index (κ2) is 6.84. The number of nitrogens with one attached hydrogen (secondary N) is 1. The Hall–Kier alpha value is -0.420. The lowest BCUT2D eigenvalue weighted by molar-refractivity contribution is 0.0930. The van der Waals surface area contributed by atoms with Gasteiger partial charge in [0.2, 0.25) is 0 Å². The first-order chi connectivity index (χ1) is 9.08. The average Bonchev–Trinajstić information content (AvgIpc) is 2.58. The van der Waals surface area contributed by atoms with Crippen LogP contribution in [0.1, 0.15) is 42.5 Å². The van der Waals surface area contributed by atoms with Crippen LogP contribution in [0.15, 0.2) is 22.7 Å². The van der Waals surface area contributed by atoms with Gasteiger partial charge < -0.3 is 5.32 Å². The van der Waals surface area contributed by atoms with Gasteiger partial charge in [-0.3, -0.25) is 4.79 Å². The maximum atomic E-state index is 13.7. The van der Waals surface area contributed by atoms with E-state index in [-0.39, 0.29) is 22.3 Å². The summed E-state index contributed by atoms with van der Waals surface area (Å²) in [5, 5.41) is 2.95. The van der Waals surface area contributed by atoms with E-state index in [2.05, 4.69) is 37.2 Å². The van der Waals surface area contributed by atoms with E-state index in [9.17, 15) is 9.18 Å². The summed E-state index contributed by atoms with van der Waals surface area (Å²) in [5.41, 5.74) is 0.0957. The molecule has 1 saturated carbocycles. The SMILES string of the molecule is O=C(NC1CCCCCC1Br)c1cc(Br)ccc1F. The van der Waals surface area contributed by atoms with E-state index in [0.717, 1.165) is 19.3 Å². The molecule has 1 aliphatic rings. The van der Waals surface area contributed by atoms with Gasteiger partial charge in [-0.1, -0.05) is 51.1 Å². The third-order valence-electron chi connectivity index (χ3n) is 3.42. The number of rotatable bonds is 2. The van der Waals surface area contributed by atoms with Crippen molar-refractivity contribution in [3.8, 4) is 0 Å². The van der Waals surface area contributed by atoms with Gasteiger partial charge in [-0.05, 0) is 31.0 Å². The largest absolute Gasteiger partial charge is 0.348 e. The van der Waals surface area contributed by atoms with Gasteiger partial charge in [0, 0.05) is 15.3 Å². The van der Waals surface area contributed by atoms with Crippen LogP contribution in [0.4, 0.5) is 4.39 Å². The van der Waals surface area contributed by atoms with E-state index < -0.39 is 5.82 Å². The lowest BCUT2D eigenvalue weighted by Gasteiger charge is -2.21. The third-order valence-corrected chi connectivity index (χ3v) is 5.01. The highest BCUT2D eigenvalue weighted by Crippen LogP contribution is 2.24. The number of amides is 1. The smallest absolute Gasteiger partial charge is 0.254 e. The second-order valence-electron chi connectivity index (χ2n) is 4.86. The van der Waals surface area contributed by atoms with Crippen molar-refractivity contribution in [2.75, 3.05) is 0 Å². The van der Waals surface area contributed by atoms with Crippen molar-refractivity contribution < 1.29 is 9.18 Å². The molecule has 1 fully saturated rings. The normalized spacial score (nSPS) is 23.7. The van der Waals surface area contributed by atoms with E-state index >= 15 is 0 Å². The fourth-order valence-corrected chi connectivity index (χ4v) is 3.42. The van der Waals surface area contributed by atoms with Crippen LogP contribution in [-0.4, -0.2) is 16.8 Å². The Morgan fingerprint density at radius 2 is 2.00 bits per heavy atom. The van der Waals surface area contributed by atoms with Crippen molar-refractivity contribution in [1.29, 1.82) is 0 Å². The van der Waals surface area contributed by atoms with Crippen LogP contribution in [0, 0.1) is 5.82 Å². The molecule has 1 N–H and O–H groups in total. The summed E-state index contributed by atoms with van der Waals surface area (Å²) in [4.78, 5) is 12.4. The Kier molecular flexibility index (Phi) is 5.39. The lowest BCUT2D eigenvalue weighted by atomic mass is 10.1. The molecule has 2 atom stereocenters. The molecule has 0 aromatic heterocycles. The molecule has 0 aliphatic heterocycles. The number of alkyl halides is 1. The molecule has 5 heteroatoms. The topological polar surface area (TPSA) is 29.1 Å². The molecule has 1 aromatic rings. The molecule has 0 bridgehead atoms. The quantitative estimate of drug-likeness (QED) is 0.586. The predicted molar refractivity (Wildman–Crippen MR) is 81.2 cm³/mol. The van der Waals surface area contributed by atoms with Crippen molar-refractivity contribution in [2.45, 2.75) is 43.0 Å². The molecule has 2 rings (SSSR count). The fourth-order valence-electron chi connectivity index (χ4n) is 2.34. The van der Waals surface area contributed by atoms with E-state index in [1.165, 1.54) is 25.0 Å². The van der Waals surface area contributed by atoms with Crippen molar-refractivity contribution in [1.82, 2.24) is 5.32 Å². The van der Waals surface area contributed by atoms with E-state index in [0.29, 0.717) is 4.47 Å². The van der Waals surface area contributed by atoms with Gasteiger partial charge in [0.25, 0.3) is 5.91 Å². The zero-order chi connectivity index (χ0) is 13.8. The van der Waals surface area contributed by atoms with Crippen molar-refractivity contribution >= 4 is 37.8 Å². The molecule has 2 nitrogen and oxygen atoms in total. The molecule has 19 heavy (non-hydrogen) atoms. The maximum absolute atomic E-state index is 13.7. The minimum absolute atomic E-state index is 0.0772. The first-order valence-electron chi connectivity index (χ1n) is 6.48. The van der Waals surface area contributed by atoms with E-state index in [4.69, 9.17) is 0 Å². The van der Waals surface area contributed by atoms with Gasteiger partial charge >= 0.3 is 0 Å². The van der Waals surface area contributed by atoms with Gasteiger partial charge in [-0.15, -0.1) is 0 Å². The van der Waals surface area contributed by atoms with Crippen molar-refractivity contribution in [3.63, 3.8) is 0 Å². The molecular formula is C14H16Br2FNO. The third kappa shape index (κ3) is 4.02. The van der Waals surface area contributed by atoms with Crippen LogP contribution in [0.25, 0.3) is 0 Å². The molecule has 1 aliphatic carbocycles. The molecule has 1 aromatic carbocycles. The Bertz CT molecular complexity index is 467. The minimum Gasteiger partial charge on any atom is -0.348 e. The monoisotopic (exact) mass is 391 g/mol. The molecule has 2 unspecified atom stereocenters. The molecule has 1 amide bonds. The summed E-state index contributed by atoms with van der Waals surface area (Å²) in [6.45, 7) is 0. The average molecular weight is 393 g/mol. The zero-order valence-electron chi connectivity index (χ0n) is 10.5. The van der Waals surface area contributed by atoms with Crippen molar-refractivity contribution in [2.24, 2.45) is 0 Å². The van der Waals surface area contributed by atoms with Crippen LogP contribution in [0.3, 0.4) is 0 Å². The molecule has 0 heterocycles. The Labute approximate surface area is 129 Å². The number of carbonyl (C=O) groups excluding carboxylic acids is 1. The Balaban J connectivity index is 2.09. The molecule has 0 spiro atoms. The number of carbonyl (C=O) groups is 1. The number of halogens is 3. The van der Waals surface area contributed by atoms with Crippen LogP contribution in [0.2, 0.25) is 0 Å². The molecule has 0 radical (unpaired) electrons. The summed E-state index contributed by atoms with van der Waals surface area (Å²) in [5.74, 6) is -0.824. The first-order valence-corrected chi connectivity index (χ1v) is 8.19. The highest BCUT2D eigenvalue weighted by Gasteiger charge is 2.24. The molecule has 0 saturated heterocycles. The minimum atomic E-state index is -0.486. The summed E-state index contributed by atoms with van der Waals surface area (Å²) in [7, 11) is 0. The van der Waals surface area contributed by atoms with Crippen LogP contribution in [0.5, 0.6) is 0 Å². The summed E-state index contributed by atoms with van der Waals surface area (Å²) >= 11 is 6.88. The van der Waals surface area contributed by atoms with Crippen LogP contribution >= 0.6 is 31.9 Å². The van der Waals surface area contributed by atoms with Gasteiger partial charge in [0.05, 0.1) is 5.56 Å². The van der Waals surface area contributed by atoms with Crippen LogP contribution < -0.4 is 5.32 Å². The standard InChI is InChI=1S/C14H16Br2FNO/c15-9-6-7-12(17)10(8-9)14(19)18-13-5-3-1-2-4-11(13)16/h6-8,11,13H,1-5H2,(H,18,19). The van der Waals surface area contributed by atoms with Crippen molar-refractivity contribution in [3.05, 3.63) is 34.1 Å². The van der Waals surface area contributed by atoms with Gasteiger partial charge in [0.1, 0.15) is 5.82 Å². The summed E-state index contributed by atoms with van der Waals surface area (Å²) in [6.07, 6.45) is 5.46. The number of hydrogen-bond acceptors (Lipinski definition) is 1. The van der Waals surface area contributed by atoms with E-state index in [1.54, 1.807) is 6.07 Å². The molecular weight excluding hydrogens is 377 g/mol. The van der Waals surface area contributed by atoms with Gasteiger partial charge in [0.15, 0.2) is 0 Å². The summed E-state index contributed by atoms with van der Waals surface area (Å²) in [6, 6.07) is 4.49. The zero-order valence-corrected chi connectivity index (χ0v) is 13.6. The number of benzene rings is 1. The number of hydrogen-bond donors (Lipinski definition) is 1. The highest BCUT2D eigenvalue weighted by atomic mass is 79.9. The van der Waals surface area contributed by atoms with Gasteiger partial charge in [-0.2, -0.15) is 0 Å². The Morgan fingerprint density at radius 1 is 1.26 bits per heavy atom. The fraction of sp³-hybridized carbons (Fsp3) is 0.500. The maximum Gasteiger partial charge on any atom is 0.254 e. The highest BCUT2D eigenvalue weighted by molar-refractivity contribution is 9.10. The van der Waals surface area contributed by atoms with Crippen LogP contribution in [-0.2, 0) is 0 Å². The van der Waals surface area contributed by atoms with E-state index in [1.807, 2.05) is 0 Å². The summed E-state index contributed by atoms with van der Waals surface area (Å²) < 4.78 is 14.4. The second-order valence-corrected chi connectivity index (χ2v) is 6.95.